The first-order chi connectivity index (χ1) is 11.9. The lowest BCUT2D eigenvalue weighted by atomic mass is 10.1. The topological polar surface area (TPSA) is 47.1 Å². The Hall–Kier alpha value is -2.69. The van der Waals surface area contributed by atoms with Gasteiger partial charge in [-0.25, -0.2) is 4.98 Å². The van der Waals surface area contributed by atoms with E-state index in [-0.39, 0.29) is 6.29 Å². The van der Waals surface area contributed by atoms with Crippen LogP contribution in [0.25, 0.3) is 28.6 Å². The third-order valence-electron chi connectivity index (χ3n) is 3.89. The van der Waals surface area contributed by atoms with E-state index in [1.807, 2.05) is 48.6 Å². The van der Waals surface area contributed by atoms with Crippen LogP contribution in [0.2, 0.25) is 0 Å². The molecule has 1 saturated heterocycles. The number of imidazole rings is 1. The maximum atomic E-state index is 5.43. The summed E-state index contributed by atoms with van der Waals surface area (Å²) in [5, 5.41) is 0. The van der Waals surface area contributed by atoms with Crippen LogP contribution in [-0.2, 0) is 9.47 Å². The predicted molar refractivity (Wildman–Crippen MR) is 94.2 cm³/mol. The first kappa shape index (κ1) is 14.9. The number of rotatable bonds is 4. The Labute approximate surface area is 140 Å². The molecule has 0 bridgehead atoms. The highest BCUT2D eigenvalue weighted by atomic mass is 16.7. The molecule has 0 spiro atoms. The highest BCUT2D eigenvalue weighted by Crippen LogP contribution is 2.30. The van der Waals surface area contributed by atoms with Gasteiger partial charge in [0.25, 0.3) is 0 Å². The molecule has 0 amide bonds. The molecule has 1 aliphatic rings. The minimum atomic E-state index is -0.282. The average molecular weight is 318 g/mol. The zero-order valence-corrected chi connectivity index (χ0v) is 13.2. The number of hydrogen-bond donors (Lipinski definition) is 1. The van der Waals surface area contributed by atoms with Crippen molar-refractivity contribution in [2.75, 3.05) is 13.2 Å². The summed E-state index contributed by atoms with van der Waals surface area (Å²) in [6, 6.07) is 20.4. The number of nitrogens with zero attached hydrogens (tertiary/aromatic N) is 1. The van der Waals surface area contributed by atoms with Gasteiger partial charge in [-0.15, -0.1) is 0 Å². The Bertz CT molecular complexity index is 762. The van der Waals surface area contributed by atoms with Crippen LogP contribution in [0, 0.1) is 0 Å². The fourth-order valence-corrected chi connectivity index (χ4v) is 2.75. The number of aromatic nitrogens is 2. The number of aromatic amines is 1. The van der Waals surface area contributed by atoms with Crippen molar-refractivity contribution < 1.29 is 9.47 Å². The normalized spacial score (nSPS) is 15.3. The van der Waals surface area contributed by atoms with E-state index in [0.717, 1.165) is 28.3 Å². The van der Waals surface area contributed by atoms with Crippen LogP contribution in [0.1, 0.15) is 5.82 Å². The Morgan fingerprint density at radius 3 is 2.17 bits per heavy atom. The maximum absolute atomic E-state index is 5.43. The number of ether oxygens (including phenoxy) is 2. The van der Waals surface area contributed by atoms with Gasteiger partial charge in [-0.1, -0.05) is 60.7 Å². The number of benzene rings is 2. The van der Waals surface area contributed by atoms with Crippen molar-refractivity contribution in [1.29, 1.82) is 0 Å². The second-order valence-corrected chi connectivity index (χ2v) is 5.55. The van der Waals surface area contributed by atoms with Crippen molar-refractivity contribution in [3.05, 3.63) is 72.6 Å². The maximum Gasteiger partial charge on any atom is 0.177 e. The molecule has 120 valence electrons. The lowest BCUT2D eigenvalue weighted by Gasteiger charge is -2.02. The van der Waals surface area contributed by atoms with Crippen LogP contribution in [0.3, 0.4) is 0 Å². The van der Waals surface area contributed by atoms with Crippen LogP contribution < -0.4 is 0 Å². The average Bonchev–Trinajstić information content (AvgIpc) is 3.31. The van der Waals surface area contributed by atoms with Gasteiger partial charge in [-0.3, -0.25) is 0 Å². The lowest BCUT2D eigenvalue weighted by molar-refractivity contribution is -0.000926. The summed E-state index contributed by atoms with van der Waals surface area (Å²) in [6.07, 6.45) is 3.51. The molecule has 4 rings (SSSR count). The Balaban J connectivity index is 1.73. The molecule has 3 aromatic rings. The van der Waals surface area contributed by atoms with Gasteiger partial charge >= 0.3 is 0 Å². The summed E-state index contributed by atoms with van der Waals surface area (Å²) in [5.41, 5.74) is 4.14. The number of H-pyrrole nitrogens is 1. The van der Waals surface area contributed by atoms with Gasteiger partial charge in [0.2, 0.25) is 0 Å². The monoisotopic (exact) mass is 318 g/mol. The highest BCUT2D eigenvalue weighted by Gasteiger charge is 2.15. The number of nitrogens with one attached hydrogen (secondary N) is 1. The van der Waals surface area contributed by atoms with Gasteiger partial charge in [-0.05, 0) is 12.2 Å². The van der Waals surface area contributed by atoms with E-state index in [9.17, 15) is 0 Å². The second kappa shape index (κ2) is 6.83. The van der Waals surface area contributed by atoms with Crippen molar-refractivity contribution >= 4 is 6.08 Å². The highest BCUT2D eigenvalue weighted by molar-refractivity contribution is 5.79. The van der Waals surface area contributed by atoms with Gasteiger partial charge < -0.3 is 14.5 Å². The van der Waals surface area contributed by atoms with Gasteiger partial charge in [0, 0.05) is 11.1 Å². The van der Waals surface area contributed by atoms with Crippen LogP contribution in [-0.4, -0.2) is 29.5 Å². The molecule has 4 heteroatoms. The molecule has 0 unspecified atom stereocenters. The van der Waals surface area contributed by atoms with Crippen LogP contribution in [0.4, 0.5) is 0 Å². The zero-order chi connectivity index (χ0) is 16.2. The smallest absolute Gasteiger partial charge is 0.177 e. The largest absolute Gasteiger partial charge is 0.347 e. The lowest BCUT2D eigenvalue weighted by Crippen LogP contribution is -2.01. The van der Waals surface area contributed by atoms with E-state index in [1.165, 1.54) is 0 Å². The molecule has 24 heavy (non-hydrogen) atoms. The quantitative estimate of drug-likeness (QED) is 0.787. The minimum absolute atomic E-state index is 0.282. The van der Waals surface area contributed by atoms with Crippen molar-refractivity contribution in [1.82, 2.24) is 9.97 Å². The third kappa shape index (κ3) is 3.15. The molecule has 2 aromatic carbocycles. The molecule has 0 radical (unpaired) electrons. The van der Waals surface area contributed by atoms with Gasteiger partial charge in [0.15, 0.2) is 6.29 Å². The molecule has 2 heterocycles. The molecular formula is C20H18N2O2. The summed E-state index contributed by atoms with van der Waals surface area (Å²) >= 11 is 0. The fraction of sp³-hybridized carbons (Fsp3) is 0.150. The standard InChI is InChI=1S/C20H18N2O2/c1-3-7-15(8-4-1)19-20(16-9-5-2-6-10-16)22-17(21-19)11-12-18-23-13-14-24-18/h1-12,18H,13-14H2,(H,21,22)/b12-11+. The van der Waals surface area contributed by atoms with Crippen LogP contribution in [0.15, 0.2) is 66.7 Å². The molecule has 4 nitrogen and oxygen atoms in total. The minimum Gasteiger partial charge on any atom is -0.347 e. The summed E-state index contributed by atoms with van der Waals surface area (Å²) in [4.78, 5) is 8.18. The molecule has 0 atom stereocenters. The summed E-state index contributed by atoms with van der Waals surface area (Å²) in [7, 11) is 0. The molecule has 1 N–H and O–H groups in total. The Morgan fingerprint density at radius 1 is 0.875 bits per heavy atom. The second-order valence-electron chi connectivity index (χ2n) is 5.55. The summed E-state index contributed by atoms with van der Waals surface area (Å²) in [5.74, 6) is 0.784. The Morgan fingerprint density at radius 2 is 1.50 bits per heavy atom. The zero-order valence-electron chi connectivity index (χ0n) is 13.2. The molecule has 1 fully saturated rings. The van der Waals surface area contributed by atoms with E-state index in [2.05, 4.69) is 29.2 Å². The van der Waals surface area contributed by atoms with E-state index in [4.69, 9.17) is 14.5 Å². The molecule has 0 aliphatic carbocycles. The third-order valence-corrected chi connectivity index (χ3v) is 3.89. The first-order valence-corrected chi connectivity index (χ1v) is 8.02. The van der Waals surface area contributed by atoms with Crippen molar-refractivity contribution in [3.63, 3.8) is 0 Å². The molecule has 1 aliphatic heterocycles. The van der Waals surface area contributed by atoms with Crippen LogP contribution in [0.5, 0.6) is 0 Å². The molecule has 1 aromatic heterocycles. The van der Waals surface area contributed by atoms with Gasteiger partial charge in [-0.2, -0.15) is 0 Å². The van der Waals surface area contributed by atoms with E-state index in [1.54, 1.807) is 0 Å². The number of hydrogen-bond acceptors (Lipinski definition) is 3. The van der Waals surface area contributed by atoms with E-state index < -0.39 is 0 Å². The van der Waals surface area contributed by atoms with E-state index >= 15 is 0 Å². The van der Waals surface area contributed by atoms with E-state index in [0.29, 0.717) is 13.2 Å². The van der Waals surface area contributed by atoms with Gasteiger partial charge in [0.1, 0.15) is 5.82 Å². The van der Waals surface area contributed by atoms with Crippen molar-refractivity contribution in [2.24, 2.45) is 0 Å². The fourth-order valence-electron chi connectivity index (χ4n) is 2.75. The molecular weight excluding hydrogens is 300 g/mol. The Kier molecular flexibility index (Phi) is 4.23. The van der Waals surface area contributed by atoms with Gasteiger partial charge in [0.05, 0.1) is 24.6 Å². The predicted octanol–water partition coefficient (Wildman–Crippen LogP) is 4.13. The summed E-state index contributed by atoms with van der Waals surface area (Å²) in [6.45, 7) is 1.27. The van der Waals surface area contributed by atoms with Crippen molar-refractivity contribution in [3.8, 4) is 22.5 Å². The SMILES string of the molecule is C(=C\C1OCCO1)/c1nc(-c2ccccc2)c(-c2ccccc2)[nH]1. The molecule has 0 saturated carbocycles. The first-order valence-electron chi connectivity index (χ1n) is 8.02. The van der Waals surface area contributed by atoms with Crippen LogP contribution >= 0.6 is 0 Å². The summed E-state index contributed by atoms with van der Waals surface area (Å²) < 4.78 is 10.9. The van der Waals surface area contributed by atoms with Crippen molar-refractivity contribution in [2.45, 2.75) is 6.29 Å².